The maximum atomic E-state index is 10.6. The van der Waals surface area contributed by atoms with E-state index in [4.69, 9.17) is 4.74 Å². The molecule has 0 unspecified atom stereocenters. The van der Waals surface area contributed by atoms with Crippen molar-refractivity contribution in [2.75, 3.05) is 7.11 Å². The molecule has 0 saturated heterocycles. The fraction of sp³-hybridized carbons (Fsp3) is 0.417. The van der Waals surface area contributed by atoms with Gasteiger partial charge in [-0.05, 0) is 23.6 Å². The molecule has 0 bridgehead atoms. The molecule has 0 saturated carbocycles. The van der Waals surface area contributed by atoms with Crippen molar-refractivity contribution < 1.29 is 9.53 Å². The molecule has 0 heterocycles. The lowest BCUT2D eigenvalue weighted by molar-refractivity contribution is 0.112. The van der Waals surface area contributed by atoms with Crippen molar-refractivity contribution in [3.8, 4) is 5.75 Å². The van der Waals surface area contributed by atoms with Crippen LogP contribution in [0, 0.1) is 0 Å². The van der Waals surface area contributed by atoms with Gasteiger partial charge in [0.15, 0.2) is 0 Å². The molecule has 0 amide bonds. The van der Waals surface area contributed by atoms with Crippen molar-refractivity contribution in [1.82, 2.24) is 0 Å². The molecule has 76 valence electrons. The van der Waals surface area contributed by atoms with Crippen molar-refractivity contribution in [2.45, 2.75) is 26.2 Å². The molecule has 0 aliphatic carbocycles. The van der Waals surface area contributed by atoms with Crippen LogP contribution in [0.5, 0.6) is 5.75 Å². The summed E-state index contributed by atoms with van der Waals surface area (Å²) in [5.41, 5.74) is 1.74. The number of rotatable bonds is 2. The predicted octanol–water partition coefficient (Wildman–Crippen LogP) is 2.81. The second kappa shape index (κ2) is 3.82. The van der Waals surface area contributed by atoms with Crippen LogP contribution >= 0.6 is 0 Å². The standard InChI is InChI=1S/C12H16O2/c1-12(2,3)10-7-9(8-13)5-6-11(10)14-4/h5-8H,1-4H3. The number of carbonyl (C=O) groups excluding carboxylic acids is 1. The number of hydrogen-bond donors (Lipinski definition) is 0. The Bertz CT molecular complexity index is 335. The van der Waals surface area contributed by atoms with Crippen LogP contribution < -0.4 is 4.74 Å². The van der Waals surface area contributed by atoms with Gasteiger partial charge in [0, 0.05) is 11.1 Å². The molecule has 2 heteroatoms. The van der Waals surface area contributed by atoms with Crippen molar-refractivity contribution in [2.24, 2.45) is 0 Å². The molecule has 0 aliphatic rings. The van der Waals surface area contributed by atoms with Crippen LogP contribution in [0.3, 0.4) is 0 Å². The Morgan fingerprint density at radius 2 is 1.93 bits per heavy atom. The molecule has 0 N–H and O–H groups in total. The highest BCUT2D eigenvalue weighted by Crippen LogP contribution is 2.31. The molecule has 0 aromatic heterocycles. The van der Waals surface area contributed by atoms with Crippen LogP contribution in [0.4, 0.5) is 0 Å². The summed E-state index contributed by atoms with van der Waals surface area (Å²) in [4.78, 5) is 10.6. The van der Waals surface area contributed by atoms with Gasteiger partial charge in [-0.15, -0.1) is 0 Å². The summed E-state index contributed by atoms with van der Waals surface area (Å²) in [5.74, 6) is 0.836. The fourth-order valence-electron chi connectivity index (χ4n) is 1.39. The molecule has 1 aromatic rings. The van der Waals surface area contributed by atoms with E-state index in [-0.39, 0.29) is 5.41 Å². The largest absolute Gasteiger partial charge is 0.496 e. The second-order valence-electron chi connectivity index (χ2n) is 4.33. The molecule has 1 aromatic carbocycles. The van der Waals surface area contributed by atoms with Gasteiger partial charge in [0.05, 0.1) is 7.11 Å². The molecule has 0 spiro atoms. The van der Waals surface area contributed by atoms with E-state index >= 15 is 0 Å². The van der Waals surface area contributed by atoms with Gasteiger partial charge in [-0.2, -0.15) is 0 Å². The molecular weight excluding hydrogens is 176 g/mol. The predicted molar refractivity (Wildman–Crippen MR) is 57.1 cm³/mol. The Hall–Kier alpha value is -1.31. The summed E-state index contributed by atoms with van der Waals surface area (Å²) in [5, 5.41) is 0. The number of benzene rings is 1. The maximum Gasteiger partial charge on any atom is 0.150 e. The minimum absolute atomic E-state index is 0.00956. The van der Waals surface area contributed by atoms with E-state index in [1.54, 1.807) is 13.2 Å². The lowest BCUT2D eigenvalue weighted by Crippen LogP contribution is -2.13. The molecule has 0 atom stereocenters. The lowest BCUT2D eigenvalue weighted by Gasteiger charge is -2.22. The van der Waals surface area contributed by atoms with Gasteiger partial charge in [-0.1, -0.05) is 20.8 Å². The maximum absolute atomic E-state index is 10.6. The first-order chi connectivity index (χ1) is 6.49. The van der Waals surface area contributed by atoms with Crippen molar-refractivity contribution in [3.63, 3.8) is 0 Å². The number of methoxy groups -OCH3 is 1. The Morgan fingerprint density at radius 3 is 2.36 bits per heavy atom. The van der Waals surface area contributed by atoms with Crippen molar-refractivity contribution in [3.05, 3.63) is 29.3 Å². The van der Waals surface area contributed by atoms with Gasteiger partial charge in [0.2, 0.25) is 0 Å². The smallest absolute Gasteiger partial charge is 0.150 e. The Labute approximate surface area is 84.9 Å². The Balaban J connectivity index is 3.29. The molecule has 14 heavy (non-hydrogen) atoms. The van der Waals surface area contributed by atoms with Crippen LogP contribution in [0.1, 0.15) is 36.7 Å². The quantitative estimate of drug-likeness (QED) is 0.673. The average molecular weight is 192 g/mol. The zero-order chi connectivity index (χ0) is 10.8. The summed E-state index contributed by atoms with van der Waals surface area (Å²) in [6.07, 6.45) is 0.856. The highest BCUT2D eigenvalue weighted by atomic mass is 16.5. The Kier molecular flexibility index (Phi) is 2.94. The van der Waals surface area contributed by atoms with Crippen molar-refractivity contribution >= 4 is 6.29 Å². The summed E-state index contributed by atoms with van der Waals surface area (Å²) in [7, 11) is 1.64. The third-order valence-corrected chi connectivity index (χ3v) is 2.17. The van der Waals surface area contributed by atoms with Gasteiger partial charge in [-0.3, -0.25) is 4.79 Å². The summed E-state index contributed by atoms with van der Waals surface area (Å²) < 4.78 is 5.26. The third kappa shape index (κ3) is 2.13. The second-order valence-corrected chi connectivity index (χ2v) is 4.33. The average Bonchev–Trinajstić information content (AvgIpc) is 2.15. The van der Waals surface area contributed by atoms with E-state index in [0.717, 1.165) is 17.6 Å². The zero-order valence-corrected chi connectivity index (χ0v) is 9.13. The van der Waals surface area contributed by atoms with E-state index in [2.05, 4.69) is 20.8 Å². The van der Waals surface area contributed by atoms with Crippen LogP contribution in [-0.4, -0.2) is 13.4 Å². The van der Waals surface area contributed by atoms with Crippen molar-refractivity contribution in [1.29, 1.82) is 0 Å². The number of hydrogen-bond acceptors (Lipinski definition) is 2. The lowest BCUT2D eigenvalue weighted by atomic mass is 9.85. The molecule has 0 fully saturated rings. The summed E-state index contributed by atoms with van der Waals surface area (Å²) in [6.45, 7) is 6.29. The van der Waals surface area contributed by atoms with Gasteiger partial charge in [0.1, 0.15) is 12.0 Å². The van der Waals surface area contributed by atoms with E-state index in [0.29, 0.717) is 5.56 Å². The first kappa shape index (κ1) is 10.8. The first-order valence-electron chi connectivity index (χ1n) is 4.62. The molecular formula is C12H16O2. The summed E-state index contributed by atoms with van der Waals surface area (Å²) >= 11 is 0. The normalized spacial score (nSPS) is 11.1. The van der Waals surface area contributed by atoms with Crippen LogP contribution in [0.25, 0.3) is 0 Å². The van der Waals surface area contributed by atoms with E-state index in [9.17, 15) is 4.79 Å². The van der Waals surface area contributed by atoms with E-state index in [1.165, 1.54) is 0 Å². The minimum Gasteiger partial charge on any atom is -0.496 e. The monoisotopic (exact) mass is 192 g/mol. The molecule has 0 aliphatic heterocycles. The topological polar surface area (TPSA) is 26.3 Å². The van der Waals surface area contributed by atoms with Gasteiger partial charge in [-0.25, -0.2) is 0 Å². The highest BCUT2D eigenvalue weighted by Gasteiger charge is 2.18. The molecule has 0 radical (unpaired) electrons. The number of carbonyl (C=O) groups is 1. The first-order valence-corrected chi connectivity index (χ1v) is 4.62. The molecule has 2 nitrogen and oxygen atoms in total. The van der Waals surface area contributed by atoms with Crippen LogP contribution in [-0.2, 0) is 5.41 Å². The minimum atomic E-state index is -0.00956. The number of ether oxygens (including phenoxy) is 1. The van der Waals surface area contributed by atoms with E-state index in [1.807, 2.05) is 12.1 Å². The number of aldehydes is 1. The SMILES string of the molecule is COc1ccc(C=O)cc1C(C)(C)C. The fourth-order valence-corrected chi connectivity index (χ4v) is 1.39. The van der Waals surface area contributed by atoms with Gasteiger partial charge >= 0.3 is 0 Å². The van der Waals surface area contributed by atoms with Gasteiger partial charge < -0.3 is 4.74 Å². The summed E-state index contributed by atoms with van der Waals surface area (Å²) in [6, 6.07) is 5.48. The van der Waals surface area contributed by atoms with Crippen LogP contribution in [0.2, 0.25) is 0 Å². The molecule has 1 rings (SSSR count). The van der Waals surface area contributed by atoms with Gasteiger partial charge in [0.25, 0.3) is 0 Å². The zero-order valence-electron chi connectivity index (χ0n) is 9.13. The van der Waals surface area contributed by atoms with E-state index < -0.39 is 0 Å². The highest BCUT2D eigenvalue weighted by molar-refractivity contribution is 5.75. The van der Waals surface area contributed by atoms with Crippen LogP contribution in [0.15, 0.2) is 18.2 Å². The Morgan fingerprint density at radius 1 is 1.29 bits per heavy atom. The third-order valence-electron chi connectivity index (χ3n) is 2.17.